The van der Waals surface area contributed by atoms with Crippen molar-refractivity contribution in [2.45, 2.75) is 121 Å². The van der Waals surface area contributed by atoms with Crippen LogP contribution in [0, 0.1) is 11.7 Å². The molecule has 39 heavy (non-hydrogen) atoms. The summed E-state index contributed by atoms with van der Waals surface area (Å²) in [6.07, 6.45) is 16.0. The summed E-state index contributed by atoms with van der Waals surface area (Å²) < 4.78 is 22.0. The molecule has 5 nitrogen and oxygen atoms in total. The number of halogens is 2. The summed E-state index contributed by atoms with van der Waals surface area (Å²) >= 11 is 2.26. The SMILES string of the molecule is CCCCCCCCCCCC(=O)O[C@@H]1CC2[C@@H](/C(CC)=N/OC)[C@@H](c3ccc(F)cc3)CC1N2C/C=C/I. The van der Waals surface area contributed by atoms with Gasteiger partial charge < -0.3 is 9.57 Å². The van der Waals surface area contributed by atoms with Gasteiger partial charge in [-0.05, 0) is 47.0 Å². The first-order valence-corrected chi connectivity index (χ1v) is 16.3. The molecule has 0 spiro atoms. The van der Waals surface area contributed by atoms with E-state index < -0.39 is 0 Å². The summed E-state index contributed by atoms with van der Waals surface area (Å²) in [5.41, 5.74) is 2.12. The molecule has 3 rings (SSSR count). The molecule has 2 unspecified atom stereocenters. The van der Waals surface area contributed by atoms with Crippen LogP contribution in [0.4, 0.5) is 4.39 Å². The van der Waals surface area contributed by atoms with Crippen molar-refractivity contribution in [2.24, 2.45) is 11.1 Å². The van der Waals surface area contributed by atoms with Gasteiger partial charge in [0.15, 0.2) is 0 Å². The van der Waals surface area contributed by atoms with E-state index in [4.69, 9.17) is 9.57 Å². The standard InChI is InChI=1S/C32H48FIN2O3/c1-4-6-7-8-9-10-11-12-13-15-31(37)39-30-23-29-32(27(5-2)35-38-3)26(24-16-18-25(33)19-17-24)22-28(30)36(29)21-14-20-34/h14,16-20,26,28-30,32H,4-13,15,21-23H2,1-3H3/b20-14+,35-27+/t26-,28?,29?,30-,32-/m1/s1. The van der Waals surface area contributed by atoms with Crippen LogP contribution in [0.25, 0.3) is 0 Å². The highest BCUT2D eigenvalue weighted by molar-refractivity contribution is 14.1. The van der Waals surface area contributed by atoms with Crippen molar-refractivity contribution in [3.63, 3.8) is 0 Å². The van der Waals surface area contributed by atoms with Gasteiger partial charge in [0.2, 0.25) is 0 Å². The summed E-state index contributed by atoms with van der Waals surface area (Å²) in [5.74, 6) is -0.0286. The topological polar surface area (TPSA) is 51.1 Å². The maximum atomic E-state index is 13.8. The molecular weight excluding hydrogens is 606 g/mol. The summed E-state index contributed by atoms with van der Waals surface area (Å²) in [6.45, 7) is 5.16. The highest BCUT2D eigenvalue weighted by Gasteiger charge is 2.54. The van der Waals surface area contributed by atoms with Crippen LogP contribution >= 0.6 is 22.6 Å². The third-order valence-corrected chi connectivity index (χ3v) is 9.03. The molecule has 2 aliphatic rings. The normalized spacial score (nSPS) is 25.4. The first-order chi connectivity index (χ1) is 19.0. The minimum Gasteiger partial charge on any atom is -0.461 e. The third-order valence-electron chi connectivity index (χ3n) is 8.52. The van der Waals surface area contributed by atoms with Crippen LogP contribution in [0.1, 0.15) is 109 Å². The van der Waals surface area contributed by atoms with E-state index in [2.05, 4.69) is 52.6 Å². The van der Waals surface area contributed by atoms with Gasteiger partial charge >= 0.3 is 5.97 Å². The Kier molecular flexibility index (Phi) is 14.3. The Labute approximate surface area is 249 Å². The summed E-state index contributed by atoms with van der Waals surface area (Å²) in [5, 5.41) is 4.45. The van der Waals surface area contributed by atoms with Crippen LogP contribution in [0.2, 0.25) is 0 Å². The number of fused-ring (bicyclic) bond motifs is 2. The molecule has 2 aliphatic heterocycles. The quantitative estimate of drug-likeness (QED) is 0.0556. The second-order valence-corrected chi connectivity index (χ2v) is 11.8. The fourth-order valence-electron chi connectivity index (χ4n) is 6.66. The average Bonchev–Trinajstić information content (AvgIpc) is 3.16. The maximum Gasteiger partial charge on any atom is 0.306 e. The number of nitrogens with zero attached hydrogens (tertiary/aromatic N) is 2. The van der Waals surface area contributed by atoms with Crippen LogP contribution in [0.5, 0.6) is 0 Å². The molecule has 1 aromatic rings. The zero-order chi connectivity index (χ0) is 28.0. The van der Waals surface area contributed by atoms with Gasteiger partial charge in [0.05, 0.1) is 5.71 Å². The monoisotopic (exact) mass is 654 g/mol. The fraction of sp³-hybridized carbons (Fsp3) is 0.688. The molecule has 2 bridgehead atoms. The Morgan fingerprint density at radius 2 is 1.69 bits per heavy atom. The van der Waals surface area contributed by atoms with Gasteiger partial charge in [-0.25, -0.2) is 4.39 Å². The molecule has 2 saturated heterocycles. The van der Waals surface area contributed by atoms with E-state index in [-0.39, 0.29) is 41.8 Å². The maximum absolute atomic E-state index is 13.8. The number of carbonyl (C=O) groups is 1. The van der Waals surface area contributed by atoms with Crippen molar-refractivity contribution < 1.29 is 18.8 Å². The van der Waals surface area contributed by atoms with Gasteiger partial charge in [0.1, 0.15) is 19.0 Å². The molecule has 0 saturated carbocycles. The zero-order valence-electron chi connectivity index (χ0n) is 24.1. The van der Waals surface area contributed by atoms with E-state index in [0.717, 1.165) is 49.9 Å². The molecule has 0 radical (unpaired) electrons. The number of benzene rings is 1. The first kappa shape index (κ1) is 32.0. The van der Waals surface area contributed by atoms with Gasteiger partial charge in [0.25, 0.3) is 0 Å². The van der Waals surface area contributed by atoms with E-state index in [1.807, 2.05) is 16.2 Å². The lowest BCUT2D eigenvalue weighted by Gasteiger charge is -2.45. The molecule has 2 fully saturated rings. The van der Waals surface area contributed by atoms with Crippen molar-refractivity contribution in [2.75, 3.05) is 13.7 Å². The van der Waals surface area contributed by atoms with Crippen LogP contribution in [0.15, 0.2) is 39.6 Å². The number of hydrogen-bond donors (Lipinski definition) is 0. The molecule has 0 aromatic heterocycles. The molecule has 0 aliphatic carbocycles. The van der Waals surface area contributed by atoms with E-state index in [1.54, 1.807) is 19.2 Å². The summed E-state index contributed by atoms with van der Waals surface area (Å²) in [6, 6.07) is 7.19. The van der Waals surface area contributed by atoms with Crippen molar-refractivity contribution in [1.82, 2.24) is 4.90 Å². The van der Waals surface area contributed by atoms with Crippen molar-refractivity contribution >= 4 is 34.3 Å². The fourth-order valence-corrected chi connectivity index (χ4v) is 6.89. The Balaban J connectivity index is 1.67. The van der Waals surface area contributed by atoms with Gasteiger partial charge in [-0.15, -0.1) is 0 Å². The second kappa shape index (κ2) is 17.4. The number of piperidine rings is 1. The van der Waals surface area contributed by atoms with Crippen LogP contribution in [-0.2, 0) is 14.4 Å². The number of oxime groups is 1. The molecular formula is C32H48FIN2O3. The zero-order valence-corrected chi connectivity index (χ0v) is 26.3. The lowest BCUT2D eigenvalue weighted by molar-refractivity contribution is -0.150. The van der Waals surface area contributed by atoms with Gasteiger partial charge in [-0.3, -0.25) is 9.69 Å². The molecule has 0 N–H and O–H groups in total. The number of rotatable bonds is 17. The molecule has 1 aromatic carbocycles. The van der Waals surface area contributed by atoms with Gasteiger partial charge in [-0.2, -0.15) is 0 Å². The molecule has 2 heterocycles. The smallest absolute Gasteiger partial charge is 0.306 e. The second-order valence-electron chi connectivity index (χ2n) is 11.1. The van der Waals surface area contributed by atoms with Crippen LogP contribution in [0.3, 0.4) is 0 Å². The number of unbranched alkanes of at least 4 members (excludes halogenated alkanes) is 8. The molecule has 218 valence electrons. The summed E-state index contributed by atoms with van der Waals surface area (Å²) in [4.78, 5) is 20.7. The van der Waals surface area contributed by atoms with Crippen molar-refractivity contribution in [1.29, 1.82) is 0 Å². The highest BCUT2D eigenvalue weighted by Crippen LogP contribution is 2.49. The molecule has 5 atom stereocenters. The minimum absolute atomic E-state index is 0.0731. The van der Waals surface area contributed by atoms with Gasteiger partial charge in [-0.1, -0.05) is 111 Å². The Bertz CT molecular complexity index is 922. The highest BCUT2D eigenvalue weighted by atomic mass is 127. The Hall–Kier alpha value is -1.48. The first-order valence-electron chi connectivity index (χ1n) is 15.1. The average molecular weight is 655 g/mol. The summed E-state index contributed by atoms with van der Waals surface area (Å²) in [7, 11) is 1.59. The predicted molar refractivity (Wildman–Crippen MR) is 166 cm³/mol. The van der Waals surface area contributed by atoms with E-state index in [1.165, 1.54) is 44.9 Å². The molecule has 7 heteroatoms. The lowest BCUT2D eigenvalue weighted by atomic mass is 9.73. The third kappa shape index (κ3) is 9.27. The van der Waals surface area contributed by atoms with Crippen molar-refractivity contribution in [3.05, 3.63) is 45.8 Å². The lowest BCUT2D eigenvalue weighted by Crippen LogP contribution is -2.51. The van der Waals surface area contributed by atoms with E-state index >= 15 is 0 Å². The largest absolute Gasteiger partial charge is 0.461 e. The predicted octanol–water partition coefficient (Wildman–Crippen LogP) is 8.57. The van der Waals surface area contributed by atoms with E-state index in [0.29, 0.717) is 6.42 Å². The van der Waals surface area contributed by atoms with Crippen molar-refractivity contribution in [3.8, 4) is 0 Å². The van der Waals surface area contributed by atoms with Crippen LogP contribution in [-0.4, -0.2) is 48.4 Å². The number of hydrogen-bond acceptors (Lipinski definition) is 5. The molecule has 0 amide bonds. The Morgan fingerprint density at radius 1 is 1.03 bits per heavy atom. The number of carbonyl (C=O) groups excluding carboxylic acids is 1. The van der Waals surface area contributed by atoms with E-state index in [9.17, 15) is 9.18 Å². The minimum atomic E-state index is -0.229. The number of esters is 1. The van der Waals surface area contributed by atoms with Crippen LogP contribution < -0.4 is 0 Å². The van der Waals surface area contributed by atoms with Gasteiger partial charge in [0, 0.05) is 37.4 Å². The Morgan fingerprint density at radius 3 is 2.31 bits per heavy atom. The number of ether oxygens (including phenoxy) is 1.